The summed E-state index contributed by atoms with van der Waals surface area (Å²) in [6.45, 7) is 5.39. The fourth-order valence-electron chi connectivity index (χ4n) is 2.47. The number of fused-ring (bicyclic) bond motifs is 1. The summed E-state index contributed by atoms with van der Waals surface area (Å²) >= 11 is 1.72. The van der Waals surface area contributed by atoms with Gasteiger partial charge in [0.1, 0.15) is 0 Å². The number of nitrogens with zero attached hydrogens (tertiary/aromatic N) is 2. The zero-order valence-corrected chi connectivity index (χ0v) is 14.6. The normalized spacial score (nSPS) is 14.7. The lowest BCUT2D eigenvalue weighted by Crippen LogP contribution is -2.24. The van der Waals surface area contributed by atoms with Crippen LogP contribution in [0.15, 0.2) is 34.2 Å². The van der Waals surface area contributed by atoms with Gasteiger partial charge in [-0.2, -0.15) is 0 Å². The van der Waals surface area contributed by atoms with E-state index < -0.39 is 0 Å². The minimum Gasteiger partial charge on any atom is -0.379 e. The highest BCUT2D eigenvalue weighted by Crippen LogP contribution is 2.34. The SMILES string of the molecule is CC(C)OCCCn1c(SCC2CC2)nc2ccccc2c1=O. The molecule has 5 heteroatoms. The van der Waals surface area contributed by atoms with Crippen LogP contribution in [0, 0.1) is 5.92 Å². The van der Waals surface area contributed by atoms with Gasteiger partial charge in [-0.3, -0.25) is 9.36 Å². The fourth-order valence-corrected chi connectivity index (χ4v) is 3.68. The summed E-state index contributed by atoms with van der Waals surface area (Å²) in [5, 5.41) is 1.55. The van der Waals surface area contributed by atoms with E-state index in [1.165, 1.54) is 12.8 Å². The quantitative estimate of drug-likeness (QED) is 0.420. The van der Waals surface area contributed by atoms with Crippen LogP contribution in [0.1, 0.15) is 33.1 Å². The Morgan fingerprint density at radius 1 is 1.35 bits per heavy atom. The molecule has 0 atom stereocenters. The van der Waals surface area contributed by atoms with E-state index in [2.05, 4.69) is 0 Å². The number of hydrogen-bond donors (Lipinski definition) is 0. The molecule has 0 amide bonds. The van der Waals surface area contributed by atoms with Crippen LogP contribution < -0.4 is 5.56 Å². The highest BCUT2D eigenvalue weighted by Gasteiger charge is 2.22. The monoisotopic (exact) mass is 332 g/mol. The Kier molecular flexibility index (Phi) is 5.38. The lowest BCUT2D eigenvalue weighted by Gasteiger charge is -2.13. The third-order valence-corrected chi connectivity index (χ3v) is 5.16. The van der Waals surface area contributed by atoms with Crippen molar-refractivity contribution in [2.75, 3.05) is 12.4 Å². The first-order valence-electron chi connectivity index (χ1n) is 8.39. The van der Waals surface area contributed by atoms with Gasteiger partial charge in [0, 0.05) is 18.9 Å². The largest absolute Gasteiger partial charge is 0.379 e. The van der Waals surface area contributed by atoms with Gasteiger partial charge in [-0.1, -0.05) is 23.9 Å². The Balaban J connectivity index is 1.83. The first-order chi connectivity index (χ1) is 11.1. The van der Waals surface area contributed by atoms with Gasteiger partial charge in [-0.25, -0.2) is 4.98 Å². The van der Waals surface area contributed by atoms with Crippen LogP contribution >= 0.6 is 11.8 Å². The maximum absolute atomic E-state index is 12.8. The predicted molar refractivity (Wildman–Crippen MR) is 95.2 cm³/mol. The van der Waals surface area contributed by atoms with Crippen molar-refractivity contribution in [1.29, 1.82) is 0 Å². The predicted octanol–water partition coefficient (Wildman–Crippen LogP) is 3.71. The number of hydrogen-bond acceptors (Lipinski definition) is 4. The fraction of sp³-hybridized carbons (Fsp3) is 0.556. The van der Waals surface area contributed by atoms with E-state index in [1.807, 2.05) is 42.7 Å². The smallest absolute Gasteiger partial charge is 0.262 e. The van der Waals surface area contributed by atoms with E-state index in [-0.39, 0.29) is 11.7 Å². The number of ether oxygens (including phenoxy) is 1. The van der Waals surface area contributed by atoms with Crippen molar-refractivity contribution in [1.82, 2.24) is 9.55 Å². The summed E-state index contributed by atoms with van der Waals surface area (Å²) in [5.41, 5.74) is 0.865. The van der Waals surface area contributed by atoms with E-state index in [9.17, 15) is 4.79 Å². The van der Waals surface area contributed by atoms with Crippen molar-refractivity contribution in [2.24, 2.45) is 5.92 Å². The lowest BCUT2D eigenvalue weighted by atomic mass is 10.2. The van der Waals surface area contributed by atoms with Gasteiger partial charge in [0.25, 0.3) is 5.56 Å². The Hall–Kier alpha value is -1.33. The first-order valence-corrected chi connectivity index (χ1v) is 9.37. The second-order valence-corrected chi connectivity index (χ2v) is 7.38. The Labute approximate surface area is 141 Å². The maximum Gasteiger partial charge on any atom is 0.262 e. The summed E-state index contributed by atoms with van der Waals surface area (Å²) in [4.78, 5) is 17.5. The van der Waals surface area contributed by atoms with Crippen LogP contribution in [0.2, 0.25) is 0 Å². The molecule has 4 nitrogen and oxygen atoms in total. The van der Waals surface area contributed by atoms with Crippen LogP contribution in [0.5, 0.6) is 0 Å². The van der Waals surface area contributed by atoms with Gasteiger partial charge >= 0.3 is 0 Å². The standard InChI is InChI=1S/C18H24N2O2S/c1-13(2)22-11-5-10-20-17(21)15-6-3-4-7-16(15)19-18(20)23-12-14-8-9-14/h3-4,6-7,13-14H,5,8-12H2,1-2H3. The molecule has 1 saturated carbocycles. The molecule has 1 aromatic heterocycles. The summed E-state index contributed by atoms with van der Waals surface area (Å²) in [5.74, 6) is 1.87. The molecule has 0 unspecified atom stereocenters. The van der Waals surface area contributed by atoms with Crippen molar-refractivity contribution in [3.63, 3.8) is 0 Å². The minimum atomic E-state index is 0.0680. The molecule has 0 aliphatic heterocycles. The van der Waals surface area contributed by atoms with Gasteiger partial charge in [0.05, 0.1) is 17.0 Å². The zero-order valence-electron chi connectivity index (χ0n) is 13.8. The van der Waals surface area contributed by atoms with E-state index in [0.717, 1.165) is 28.8 Å². The maximum atomic E-state index is 12.8. The van der Waals surface area contributed by atoms with Crippen molar-refractivity contribution in [3.8, 4) is 0 Å². The second-order valence-electron chi connectivity index (χ2n) is 6.40. The van der Waals surface area contributed by atoms with Gasteiger partial charge in [0.2, 0.25) is 0 Å². The molecule has 1 fully saturated rings. The Morgan fingerprint density at radius 2 is 2.13 bits per heavy atom. The van der Waals surface area contributed by atoms with Crippen LogP contribution in [0.4, 0.5) is 0 Å². The van der Waals surface area contributed by atoms with Crippen molar-refractivity contribution in [3.05, 3.63) is 34.6 Å². The summed E-state index contributed by atoms with van der Waals surface area (Å²) in [6.07, 6.45) is 3.68. The zero-order chi connectivity index (χ0) is 16.2. The third-order valence-electron chi connectivity index (χ3n) is 3.95. The molecular weight excluding hydrogens is 308 g/mol. The molecule has 1 aliphatic carbocycles. The molecule has 0 bridgehead atoms. The van der Waals surface area contributed by atoms with Crippen LogP contribution in [0.3, 0.4) is 0 Å². The highest BCUT2D eigenvalue weighted by atomic mass is 32.2. The van der Waals surface area contributed by atoms with E-state index >= 15 is 0 Å². The number of rotatable bonds is 8. The average Bonchev–Trinajstić information content (AvgIpc) is 3.35. The van der Waals surface area contributed by atoms with E-state index in [0.29, 0.717) is 18.5 Å². The van der Waals surface area contributed by atoms with Gasteiger partial charge < -0.3 is 4.74 Å². The molecule has 1 heterocycles. The molecule has 23 heavy (non-hydrogen) atoms. The van der Waals surface area contributed by atoms with Crippen LogP contribution in [-0.4, -0.2) is 28.0 Å². The van der Waals surface area contributed by atoms with Crippen LogP contribution in [0.25, 0.3) is 10.9 Å². The summed E-state index contributed by atoms with van der Waals surface area (Å²) in [7, 11) is 0. The van der Waals surface area contributed by atoms with E-state index in [1.54, 1.807) is 11.8 Å². The lowest BCUT2D eigenvalue weighted by molar-refractivity contribution is 0.0743. The molecule has 3 rings (SSSR count). The molecule has 0 saturated heterocycles. The molecular formula is C18H24N2O2S. The first kappa shape index (κ1) is 16.5. The van der Waals surface area contributed by atoms with Gasteiger partial charge in [-0.05, 0) is 51.2 Å². The highest BCUT2D eigenvalue weighted by molar-refractivity contribution is 7.99. The molecule has 0 spiro atoms. The van der Waals surface area contributed by atoms with Gasteiger partial charge in [0.15, 0.2) is 5.16 Å². The Bertz CT molecular complexity index is 723. The molecule has 1 aliphatic rings. The number of para-hydroxylation sites is 1. The number of benzene rings is 1. The van der Waals surface area contributed by atoms with Crippen LogP contribution in [-0.2, 0) is 11.3 Å². The summed E-state index contributed by atoms with van der Waals surface area (Å²) < 4.78 is 7.43. The molecule has 0 radical (unpaired) electrons. The molecule has 1 aromatic carbocycles. The second kappa shape index (κ2) is 7.49. The number of aromatic nitrogens is 2. The van der Waals surface area contributed by atoms with Crippen molar-refractivity contribution in [2.45, 2.75) is 50.9 Å². The van der Waals surface area contributed by atoms with Crippen molar-refractivity contribution >= 4 is 22.7 Å². The molecule has 124 valence electrons. The topological polar surface area (TPSA) is 44.1 Å². The molecule has 2 aromatic rings. The molecule has 0 N–H and O–H groups in total. The van der Waals surface area contributed by atoms with Gasteiger partial charge in [-0.15, -0.1) is 0 Å². The minimum absolute atomic E-state index is 0.0680. The Morgan fingerprint density at radius 3 is 2.87 bits per heavy atom. The number of thioether (sulfide) groups is 1. The van der Waals surface area contributed by atoms with Crippen molar-refractivity contribution < 1.29 is 4.74 Å². The van der Waals surface area contributed by atoms with E-state index in [4.69, 9.17) is 9.72 Å². The average molecular weight is 332 g/mol. The third kappa shape index (κ3) is 4.36. The summed E-state index contributed by atoms with van der Waals surface area (Å²) in [6, 6.07) is 7.62.